The van der Waals surface area contributed by atoms with Gasteiger partial charge in [0.1, 0.15) is 0 Å². The van der Waals surface area contributed by atoms with Gasteiger partial charge in [-0.15, -0.1) is 0 Å². The number of nitrogens with one attached hydrogen (secondary N) is 1. The highest BCUT2D eigenvalue weighted by atomic mass is 15.1. The Labute approximate surface area is 141 Å². The van der Waals surface area contributed by atoms with Crippen LogP contribution in [0.15, 0.2) is 29.4 Å². The SMILES string of the molecule is CC1=CC(C)C(c2ccc(N(C)C)c(C(C)(C)C)c2C=N)=C1C. The minimum Gasteiger partial charge on any atom is -0.377 e. The van der Waals surface area contributed by atoms with Crippen molar-refractivity contribution in [3.8, 4) is 0 Å². The fourth-order valence-corrected chi connectivity index (χ4v) is 3.74. The lowest BCUT2D eigenvalue weighted by Gasteiger charge is -2.30. The van der Waals surface area contributed by atoms with Crippen LogP contribution in [0.25, 0.3) is 5.57 Å². The van der Waals surface area contributed by atoms with Crippen molar-refractivity contribution in [2.75, 3.05) is 19.0 Å². The van der Waals surface area contributed by atoms with Gasteiger partial charge in [-0.2, -0.15) is 0 Å². The summed E-state index contributed by atoms with van der Waals surface area (Å²) in [7, 11) is 4.15. The fraction of sp³-hybridized carbons (Fsp3) is 0.476. The van der Waals surface area contributed by atoms with Gasteiger partial charge in [-0.25, -0.2) is 0 Å². The summed E-state index contributed by atoms with van der Waals surface area (Å²) in [6, 6.07) is 4.41. The first-order valence-electron chi connectivity index (χ1n) is 8.34. The van der Waals surface area contributed by atoms with Crippen LogP contribution in [0.4, 0.5) is 5.69 Å². The summed E-state index contributed by atoms with van der Waals surface area (Å²) in [5.41, 5.74) is 8.82. The van der Waals surface area contributed by atoms with Crippen LogP contribution in [-0.4, -0.2) is 20.3 Å². The third kappa shape index (κ3) is 2.99. The molecular formula is C21H30N2. The molecule has 0 saturated carbocycles. The minimum absolute atomic E-state index is 0.0126. The molecule has 0 aromatic heterocycles. The van der Waals surface area contributed by atoms with Gasteiger partial charge >= 0.3 is 0 Å². The van der Waals surface area contributed by atoms with E-state index in [2.05, 4.69) is 78.7 Å². The molecule has 1 aromatic carbocycles. The number of hydrogen-bond donors (Lipinski definition) is 1. The van der Waals surface area contributed by atoms with Crippen LogP contribution in [-0.2, 0) is 5.41 Å². The van der Waals surface area contributed by atoms with Crippen molar-refractivity contribution in [1.82, 2.24) is 0 Å². The Morgan fingerprint density at radius 2 is 1.74 bits per heavy atom. The molecule has 1 unspecified atom stereocenters. The van der Waals surface area contributed by atoms with Crippen molar-refractivity contribution < 1.29 is 0 Å². The van der Waals surface area contributed by atoms with Crippen molar-refractivity contribution >= 4 is 17.5 Å². The maximum atomic E-state index is 8.11. The van der Waals surface area contributed by atoms with Crippen LogP contribution >= 0.6 is 0 Å². The highest BCUT2D eigenvalue weighted by Gasteiger charge is 2.28. The third-order valence-corrected chi connectivity index (χ3v) is 4.84. The molecule has 2 nitrogen and oxygen atoms in total. The highest BCUT2D eigenvalue weighted by Crippen LogP contribution is 2.43. The van der Waals surface area contributed by atoms with E-state index in [1.165, 1.54) is 33.5 Å². The number of rotatable bonds is 3. The van der Waals surface area contributed by atoms with E-state index >= 15 is 0 Å². The zero-order valence-electron chi connectivity index (χ0n) is 15.8. The van der Waals surface area contributed by atoms with E-state index < -0.39 is 0 Å². The first kappa shape index (κ1) is 17.5. The van der Waals surface area contributed by atoms with E-state index in [-0.39, 0.29) is 5.41 Å². The minimum atomic E-state index is -0.0126. The lowest BCUT2D eigenvalue weighted by atomic mass is 9.78. The molecule has 0 bridgehead atoms. The number of allylic oxidation sites excluding steroid dienone is 4. The summed E-state index contributed by atoms with van der Waals surface area (Å²) >= 11 is 0. The number of nitrogens with zero attached hydrogens (tertiary/aromatic N) is 1. The zero-order valence-corrected chi connectivity index (χ0v) is 15.8. The molecule has 1 aromatic rings. The van der Waals surface area contributed by atoms with Crippen molar-refractivity contribution in [2.45, 2.75) is 47.0 Å². The Morgan fingerprint density at radius 3 is 2.13 bits per heavy atom. The second-order valence-corrected chi connectivity index (χ2v) is 7.89. The van der Waals surface area contributed by atoms with Gasteiger partial charge in [0.2, 0.25) is 0 Å². The van der Waals surface area contributed by atoms with Crippen LogP contribution in [0.3, 0.4) is 0 Å². The van der Waals surface area contributed by atoms with E-state index in [4.69, 9.17) is 5.41 Å². The van der Waals surface area contributed by atoms with Gasteiger partial charge in [-0.1, -0.05) is 45.4 Å². The largest absolute Gasteiger partial charge is 0.377 e. The Bertz CT molecular complexity index is 697. The molecule has 0 saturated heterocycles. The van der Waals surface area contributed by atoms with E-state index in [1.54, 1.807) is 6.21 Å². The van der Waals surface area contributed by atoms with Gasteiger partial charge in [-0.05, 0) is 47.6 Å². The van der Waals surface area contributed by atoms with Gasteiger partial charge in [0.25, 0.3) is 0 Å². The predicted molar refractivity (Wildman–Crippen MR) is 103 cm³/mol. The molecule has 1 N–H and O–H groups in total. The number of benzene rings is 1. The lowest BCUT2D eigenvalue weighted by Crippen LogP contribution is -2.22. The molecule has 0 heterocycles. The number of anilines is 1. The van der Waals surface area contributed by atoms with Gasteiger partial charge in [0, 0.05) is 37.5 Å². The Hall–Kier alpha value is -1.83. The predicted octanol–water partition coefficient (Wildman–Crippen LogP) is 5.42. The molecule has 124 valence electrons. The molecule has 1 aliphatic carbocycles. The molecule has 0 fully saturated rings. The first-order valence-corrected chi connectivity index (χ1v) is 8.34. The van der Waals surface area contributed by atoms with Crippen LogP contribution in [0, 0.1) is 11.3 Å². The maximum absolute atomic E-state index is 8.11. The van der Waals surface area contributed by atoms with Crippen molar-refractivity contribution in [3.63, 3.8) is 0 Å². The molecule has 23 heavy (non-hydrogen) atoms. The molecule has 2 heteroatoms. The molecule has 2 rings (SSSR count). The van der Waals surface area contributed by atoms with Gasteiger partial charge in [0.15, 0.2) is 0 Å². The molecule has 0 spiro atoms. The van der Waals surface area contributed by atoms with E-state index in [0.29, 0.717) is 5.92 Å². The van der Waals surface area contributed by atoms with Crippen LogP contribution in [0.2, 0.25) is 0 Å². The quantitative estimate of drug-likeness (QED) is 0.742. The topological polar surface area (TPSA) is 27.1 Å². The summed E-state index contributed by atoms with van der Waals surface area (Å²) in [5.74, 6) is 0.409. The summed E-state index contributed by atoms with van der Waals surface area (Å²) in [6.45, 7) is 13.3. The van der Waals surface area contributed by atoms with Crippen molar-refractivity contribution in [3.05, 3.63) is 46.0 Å². The van der Waals surface area contributed by atoms with Crippen molar-refractivity contribution in [2.24, 2.45) is 5.92 Å². The van der Waals surface area contributed by atoms with Gasteiger partial charge in [-0.3, -0.25) is 0 Å². The second kappa shape index (κ2) is 5.99. The lowest BCUT2D eigenvalue weighted by molar-refractivity contribution is 0.588. The standard InChI is InChI=1S/C21H30N2/c1-13-11-14(2)19(15(13)3)16-9-10-18(23(7)8)20(17(16)12-22)21(4,5)6/h9-12,14,22H,1-8H3. The molecular weight excluding hydrogens is 280 g/mol. The molecule has 0 radical (unpaired) electrons. The summed E-state index contributed by atoms with van der Waals surface area (Å²) in [6.07, 6.45) is 3.87. The maximum Gasteiger partial charge on any atom is 0.0405 e. The van der Waals surface area contributed by atoms with Crippen molar-refractivity contribution in [1.29, 1.82) is 5.41 Å². The molecule has 1 atom stereocenters. The summed E-state index contributed by atoms with van der Waals surface area (Å²) in [4.78, 5) is 2.15. The Balaban J connectivity index is 2.81. The third-order valence-electron chi connectivity index (χ3n) is 4.84. The molecule has 0 aliphatic heterocycles. The van der Waals surface area contributed by atoms with E-state index in [0.717, 1.165) is 5.56 Å². The molecule has 0 amide bonds. The van der Waals surface area contributed by atoms with E-state index in [1.807, 2.05) is 0 Å². The fourth-order valence-electron chi connectivity index (χ4n) is 3.74. The zero-order chi connectivity index (χ0) is 17.5. The Morgan fingerprint density at radius 1 is 1.13 bits per heavy atom. The van der Waals surface area contributed by atoms with Crippen LogP contribution in [0.1, 0.15) is 58.2 Å². The van der Waals surface area contributed by atoms with Gasteiger partial charge < -0.3 is 10.3 Å². The van der Waals surface area contributed by atoms with Crippen LogP contribution in [0.5, 0.6) is 0 Å². The summed E-state index contributed by atoms with van der Waals surface area (Å²) in [5, 5.41) is 8.11. The number of hydrogen-bond acceptors (Lipinski definition) is 2. The monoisotopic (exact) mass is 310 g/mol. The highest BCUT2D eigenvalue weighted by molar-refractivity contribution is 5.94. The average molecular weight is 310 g/mol. The smallest absolute Gasteiger partial charge is 0.0405 e. The summed E-state index contributed by atoms with van der Waals surface area (Å²) < 4.78 is 0. The Kier molecular flexibility index (Phi) is 4.57. The van der Waals surface area contributed by atoms with E-state index in [9.17, 15) is 0 Å². The first-order chi connectivity index (χ1) is 10.6. The van der Waals surface area contributed by atoms with Crippen LogP contribution < -0.4 is 4.90 Å². The molecule has 1 aliphatic rings. The average Bonchev–Trinajstić information content (AvgIpc) is 2.69. The second-order valence-electron chi connectivity index (χ2n) is 7.89. The van der Waals surface area contributed by atoms with Gasteiger partial charge in [0.05, 0.1) is 0 Å². The normalized spacial score (nSPS) is 18.3.